The van der Waals surface area contributed by atoms with E-state index in [1.54, 1.807) is 0 Å². The number of hydrogen-bond acceptors (Lipinski definition) is 2. The maximum Gasteiger partial charge on any atom is 0.251 e. The molecular weight excluding hydrogens is 340 g/mol. The summed E-state index contributed by atoms with van der Waals surface area (Å²) < 4.78 is 1.08. The highest BCUT2D eigenvalue weighted by molar-refractivity contribution is 9.10. The van der Waals surface area contributed by atoms with E-state index in [2.05, 4.69) is 38.7 Å². The quantitative estimate of drug-likeness (QED) is 0.786. The van der Waals surface area contributed by atoms with Gasteiger partial charge in [0.15, 0.2) is 0 Å². The van der Waals surface area contributed by atoms with Crippen LogP contribution in [0.5, 0.6) is 0 Å². The van der Waals surface area contributed by atoms with Gasteiger partial charge in [-0.3, -0.25) is 4.79 Å². The SMILES string of the molecule is CCCNC(=O)c1cccc(CNCc2cccc(Br)c2)c1. The zero-order chi connectivity index (χ0) is 15.8. The van der Waals surface area contributed by atoms with Gasteiger partial charge in [0.2, 0.25) is 0 Å². The van der Waals surface area contributed by atoms with Crippen molar-refractivity contribution in [2.45, 2.75) is 26.4 Å². The molecule has 0 aliphatic carbocycles. The first-order valence-electron chi connectivity index (χ1n) is 7.51. The predicted octanol–water partition coefficient (Wildman–Crippen LogP) is 3.88. The van der Waals surface area contributed by atoms with Crippen molar-refractivity contribution < 1.29 is 4.79 Å². The van der Waals surface area contributed by atoms with Crippen LogP contribution in [0.15, 0.2) is 53.0 Å². The topological polar surface area (TPSA) is 41.1 Å². The molecule has 0 saturated heterocycles. The molecule has 2 aromatic carbocycles. The summed E-state index contributed by atoms with van der Waals surface area (Å²) in [5.41, 5.74) is 3.06. The van der Waals surface area contributed by atoms with Crippen molar-refractivity contribution in [2.75, 3.05) is 6.54 Å². The van der Waals surface area contributed by atoms with Crippen LogP contribution >= 0.6 is 15.9 Å². The first-order valence-corrected chi connectivity index (χ1v) is 8.30. The second-order valence-corrected chi connectivity index (χ2v) is 6.11. The maximum absolute atomic E-state index is 12.0. The minimum atomic E-state index is -0.00399. The summed E-state index contributed by atoms with van der Waals surface area (Å²) in [6.45, 7) is 4.29. The van der Waals surface area contributed by atoms with Crippen molar-refractivity contribution in [1.82, 2.24) is 10.6 Å². The molecule has 0 radical (unpaired) electrons. The average molecular weight is 361 g/mol. The molecule has 0 aromatic heterocycles. The lowest BCUT2D eigenvalue weighted by Crippen LogP contribution is -2.24. The van der Waals surface area contributed by atoms with Crippen molar-refractivity contribution in [3.8, 4) is 0 Å². The Kier molecular flexibility index (Phi) is 6.62. The molecule has 2 N–H and O–H groups in total. The molecule has 4 heteroatoms. The smallest absolute Gasteiger partial charge is 0.251 e. The molecule has 0 bridgehead atoms. The van der Waals surface area contributed by atoms with Gasteiger partial charge < -0.3 is 10.6 Å². The molecule has 0 atom stereocenters. The number of amides is 1. The van der Waals surface area contributed by atoms with E-state index in [0.717, 1.165) is 35.1 Å². The molecule has 2 aromatic rings. The number of halogens is 1. The molecule has 3 nitrogen and oxygen atoms in total. The van der Waals surface area contributed by atoms with Gasteiger partial charge in [0.1, 0.15) is 0 Å². The van der Waals surface area contributed by atoms with Crippen LogP contribution in [-0.4, -0.2) is 12.5 Å². The Morgan fingerprint density at radius 1 is 1.05 bits per heavy atom. The summed E-state index contributed by atoms with van der Waals surface area (Å²) in [6.07, 6.45) is 0.944. The summed E-state index contributed by atoms with van der Waals surface area (Å²) in [6, 6.07) is 16.0. The number of rotatable bonds is 7. The van der Waals surface area contributed by atoms with Crippen LogP contribution in [0.1, 0.15) is 34.8 Å². The van der Waals surface area contributed by atoms with Crippen LogP contribution in [0.4, 0.5) is 0 Å². The Morgan fingerprint density at radius 2 is 1.73 bits per heavy atom. The summed E-state index contributed by atoms with van der Waals surface area (Å²) in [5, 5.41) is 6.30. The molecule has 0 spiro atoms. The van der Waals surface area contributed by atoms with Gasteiger partial charge in [-0.15, -0.1) is 0 Å². The van der Waals surface area contributed by atoms with Gasteiger partial charge in [0.25, 0.3) is 5.91 Å². The van der Waals surface area contributed by atoms with Crippen LogP contribution in [-0.2, 0) is 13.1 Å². The number of carbonyl (C=O) groups excluding carboxylic acids is 1. The monoisotopic (exact) mass is 360 g/mol. The van der Waals surface area contributed by atoms with Crippen molar-refractivity contribution in [1.29, 1.82) is 0 Å². The van der Waals surface area contributed by atoms with Crippen molar-refractivity contribution in [3.63, 3.8) is 0 Å². The number of nitrogens with one attached hydrogen (secondary N) is 2. The Balaban J connectivity index is 1.89. The van der Waals surface area contributed by atoms with Gasteiger partial charge in [-0.25, -0.2) is 0 Å². The highest BCUT2D eigenvalue weighted by atomic mass is 79.9. The summed E-state index contributed by atoms with van der Waals surface area (Å²) in [4.78, 5) is 12.0. The van der Waals surface area contributed by atoms with Gasteiger partial charge in [0, 0.05) is 29.7 Å². The minimum absolute atomic E-state index is 0.00399. The zero-order valence-corrected chi connectivity index (χ0v) is 14.3. The molecule has 0 heterocycles. The Labute approximate surface area is 140 Å². The fourth-order valence-electron chi connectivity index (χ4n) is 2.16. The van der Waals surface area contributed by atoms with E-state index in [1.807, 2.05) is 43.3 Å². The molecule has 0 saturated carbocycles. The molecule has 1 amide bonds. The van der Waals surface area contributed by atoms with Gasteiger partial charge in [-0.2, -0.15) is 0 Å². The molecule has 0 aliphatic rings. The third-order valence-electron chi connectivity index (χ3n) is 3.27. The maximum atomic E-state index is 12.0. The fraction of sp³-hybridized carbons (Fsp3) is 0.278. The Hall–Kier alpha value is -1.65. The summed E-state index contributed by atoms with van der Waals surface area (Å²) >= 11 is 3.47. The van der Waals surface area contributed by atoms with Crippen molar-refractivity contribution in [3.05, 3.63) is 69.7 Å². The average Bonchev–Trinajstić information content (AvgIpc) is 2.53. The molecule has 0 fully saturated rings. The molecule has 116 valence electrons. The minimum Gasteiger partial charge on any atom is -0.352 e. The Bertz CT molecular complexity index is 628. The van der Waals surface area contributed by atoms with Crippen LogP contribution < -0.4 is 10.6 Å². The zero-order valence-electron chi connectivity index (χ0n) is 12.7. The molecule has 22 heavy (non-hydrogen) atoms. The number of benzene rings is 2. The predicted molar refractivity (Wildman–Crippen MR) is 93.8 cm³/mol. The molecule has 0 unspecified atom stereocenters. The standard InChI is InChI=1S/C18H21BrN2O/c1-2-9-21-18(22)16-7-3-5-14(10-16)12-20-13-15-6-4-8-17(19)11-15/h3-8,10-11,20H,2,9,12-13H2,1H3,(H,21,22). The van der Waals surface area contributed by atoms with E-state index in [9.17, 15) is 4.79 Å². The largest absolute Gasteiger partial charge is 0.352 e. The lowest BCUT2D eigenvalue weighted by Gasteiger charge is -2.08. The van der Waals surface area contributed by atoms with Gasteiger partial charge in [-0.05, 0) is 41.8 Å². The van der Waals surface area contributed by atoms with E-state index in [0.29, 0.717) is 6.54 Å². The van der Waals surface area contributed by atoms with Gasteiger partial charge >= 0.3 is 0 Å². The summed E-state index contributed by atoms with van der Waals surface area (Å²) in [5.74, 6) is -0.00399. The number of carbonyl (C=O) groups is 1. The summed E-state index contributed by atoms with van der Waals surface area (Å²) in [7, 11) is 0. The van der Waals surface area contributed by atoms with Gasteiger partial charge in [-0.1, -0.05) is 47.1 Å². The first-order chi connectivity index (χ1) is 10.7. The van der Waals surface area contributed by atoms with Crippen molar-refractivity contribution >= 4 is 21.8 Å². The first kappa shape index (κ1) is 16.7. The van der Waals surface area contributed by atoms with Gasteiger partial charge in [0.05, 0.1) is 0 Å². The second-order valence-electron chi connectivity index (χ2n) is 5.19. The second kappa shape index (κ2) is 8.71. The lowest BCUT2D eigenvalue weighted by atomic mass is 10.1. The van der Waals surface area contributed by atoms with Crippen LogP contribution in [0, 0.1) is 0 Å². The van der Waals surface area contributed by atoms with E-state index >= 15 is 0 Å². The van der Waals surface area contributed by atoms with Crippen molar-refractivity contribution in [2.24, 2.45) is 0 Å². The van der Waals surface area contributed by atoms with E-state index in [4.69, 9.17) is 0 Å². The fourth-order valence-corrected chi connectivity index (χ4v) is 2.61. The normalized spacial score (nSPS) is 10.5. The van der Waals surface area contributed by atoms with Crippen LogP contribution in [0.2, 0.25) is 0 Å². The van der Waals surface area contributed by atoms with Crippen LogP contribution in [0.25, 0.3) is 0 Å². The van der Waals surface area contributed by atoms with E-state index in [-0.39, 0.29) is 5.91 Å². The third kappa shape index (κ3) is 5.28. The third-order valence-corrected chi connectivity index (χ3v) is 3.77. The highest BCUT2D eigenvalue weighted by Gasteiger charge is 2.05. The van der Waals surface area contributed by atoms with E-state index in [1.165, 1.54) is 5.56 Å². The van der Waals surface area contributed by atoms with Crippen LogP contribution in [0.3, 0.4) is 0 Å². The number of hydrogen-bond donors (Lipinski definition) is 2. The lowest BCUT2D eigenvalue weighted by molar-refractivity contribution is 0.0953. The molecular formula is C18H21BrN2O. The molecule has 0 aliphatic heterocycles. The molecule has 2 rings (SSSR count). The highest BCUT2D eigenvalue weighted by Crippen LogP contribution is 2.12. The van der Waals surface area contributed by atoms with E-state index < -0.39 is 0 Å². The Morgan fingerprint density at radius 3 is 2.41 bits per heavy atom.